The number of non-ortho nitro benzene ring substituents is 1. The van der Waals surface area contributed by atoms with Gasteiger partial charge in [-0.2, -0.15) is 0 Å². The van der Waals surface area contributed by atoms with E-state index in [0.717, 1.165) is 4.90 Å². The Labute approximate surface area is 216 Å². The number of nitro benzene ring substituents is 1. The molecule has 4 aromatic carbocycles. The molecule has 188 valence electrons. The number of halogens is 1. The van der Waals surface area contributed by atoms with E-state index in [2.05, 4.69) is 0 Å². The Hall–Kier alpha value is -4.89. The maximum atomic E-state index is 14.6. The van der Waals surface area contributed by atoms with Crippen molar-refractivity contribution < 1.29 is 23.7 Å². The van der Waals surface area contributed by atoms with Crippen LogP contribution in [0.4, 0.5) is 21.5 Å². The largest absolute Gasteiger partial charge is 0.273 e. The monoisotopic (exact) mass is 509 g/mol. The lowest BCUT2D eigenvalue weighted by atomic mass is 9.69. The predicted molar refractivity (Wildman–Crippen MR) is 137 cm³/mol. The topological polar surface area (TPSA) is 93.0 Å². The van der Waals surface area contributed by atoms with Gasteiger partial charge in [0.1, 0.15) is 17.3 Å². The molecule has 0 saturated carbocycles. The van der Waals surface area contributed by atoms with Gasteiger partial charge in [-0.25, -0.2) is 14.4 Å². The number of imide groups is 1. The highest BCUT2D eigenvalue weighted by atomic mass is 19.1. The van der Waals surface area contributed by atoms with Gasteiger partial charge in [-0.15, -0.1) is 0 Å². The lowest BCUT2D eigenvalue weighted by Crippen LogP contribution is -2.46. The van der Waals surface area contributed by atoms with E-state index in [4.69, 9.17) is 4.84 Å². The summed E-state index contributed by atoms with van der Waals surface area (Å²) in [4.78, 5) is 46.7. The van der Waals surface area contributed by atoms with Crippen molar-refractivity contribution in [3.63, 3.8) is 0 Å². The highest BCUT2D eigenvalue weighted by molar-refractivity contribution is 6.28. The number of rotatable bonds is 5. The van der Waals surface area contributed by atoms with Gasteiger partial charge in [0.25, 0.3) is 11.6 Å². The number of nitro groups is 1. The molecule has 4 aromatic rings. The molecule has 2 aliphatic heterocycles. The van der Waals surface area contributed by atoms with Crippen molar-refractivity contribution in [3.8, 4) is 0 Å². The first-order chi connectivity index (χ1) is 18.4. The Morgan fingerprint density at radius 1 is 0.789 bits per heavy atom. The summed E-state index contributed by atoms with van der Waals surface area (Å²) in [7, 11) is 0. The summed E-state index contributed by atoms with van der Waals surface area (Å²) in [6.45, 7) is 0. The Kier molecular flexibility index (Phi) is 5.50. The minimum atomic E-state index is -1.60. The van der Waals surface area contributed by atoms with E-state index in [1.165, 1.54) is 48.5 Å². The molecule has 0 bridgehead atoms. The second-order valence-corrected chi connectivity index (χ2v) is 9.09. The van der Waals surface area contributed by atoms with Crippen LogP contribution in [0.1, 0.15) is 17.2 Å². The van der Waals surface area contributed by atoms with Crippen molar-refractivity contribution in [2.45, 2.75) is 17.6 Å². The minimum Gasteiger partial charge on any atom is -0.273 e. The zero-order chi connectivity index (χ0) is 26.4. The number of para-hydroxylation sites is 1. The molecule has 38 heavy (non-hydrogen) atoms. The van der Waals surface area contributed by atoms with E-state index in [-0.39, 0.29) is 11.4 Å². The number of anilines is 2. The molecule has 2 fully saturated rings. The van der Waals surface area contributed by atoms with Crippen LogP contribution in [0.25, 0.3) is 0 Å². The lowest BCUT2D eigenvalue weighted by molar-refractivity contribution is -0.384. The molecule has 0 N–H and O–H groups in total. The van der Waals surface area contributed by atoms with E-state index in [1.54, 1.807) is 5.06 Å². The molecule has 8 nitrogen and oxygen atoms in total. The van der Waals surface area contributed by atoms with Crippen molar-refractivity contribution >= 4 is 28.9 Å². The third kappa shape index (κ3) is 3.40. The number of carbonyl (C=O) groups is 2. The third-order valence-corrected chi connectivity index (χ3v) is 7.07. The molecule has 3 unspecified atom stereocenters. The molecule has 2 aliphatic rings. The summed E-state index contributed by atoms with van der Waals surface area (Å²) in [6.07, 6.45) is -1.29. The first-order valence-corrected chi connectivity index (χ1v) is 11.9. The van der Waals surface area contributed by atoms with Gasteiger partial charge in [0.2, 0.25) is 5.91 Å². The minimum absolute atomic E-state index is 0.149. The summed E-state index contributed by atoms with van der Waals surface area (Å²) in [6, 6.07) is 28.2. The number of hydrogen-bond acceptors (Lipinski definition) is 6. The molecular formula is C29H20FN3O5. The standard InChI is InChI=1S/C29H20FN3O5/c30-21-13-17-22(18-14-21)31-27(34)26-29(28(31)35,20-11-15-24(16-12-20)33(36)37)25(19-7-3-1-4-8-19)32(38-26)23-9-5-2-6-10-23/h1-18,25-26H. The van der Waals surface area contributed by atoms with Gasteiger partial charge < -0.3 is 0 Å². The Bertz CT molecular complexity index is 1530. The van der Waals surface area contributed by atoms with Crippen LogP contribution in [0.15, 0.2) is 109 Å². The summed E-state index contributed by atoms with van der Waals surface area (Å²) in [5, 5.41) is 12.9. The van der Waals surface area contributed by atoms with Crippen molar-refractivity contribution in [1.82, 2.24) is 0 Å². The first kappa shape index (κ1) is 23.5. The number of fused-ring (bicyclic) bond motifs is 1. The normalized spacial score (nSPS) is 22.6. The van der Waals surface area contributed by atoms with Gasteiger partial charge in [-0.3, -0.25) is 24.5 Å². The van der Waals surface area contributed by atoms with E-state index < -0.39 is 40.1 Å². The van der Waals surface area contributed by atoms with Crippen LogP contribution in [-0.2, 0) is 19.8 Å². The highest BCUT2D eigenvalue weighted by Gasteiger charge is 2.72. The fraction of sp³-hybridized carbons (Fsp3) is 0.103. The Morgan fingerprint density at radius 3 is 2.00 bits per heavy atom. The zero-order valence-electron chi connectivity index (χ0n) is 19.8. The van der Waals surface area contributed by atoms with Crippen LogP contribution >= 0.6 is 0 Å². The average Bonchev–Trinajstić information content (AvgIpc) is 3.41. The fourth-order valence-corrected chi connectivity index (χ4v) is 5.40. The van der Waals surface area contributed by atoms with Crippen molar-refractivity contribution in [1.29, 1.82) is 0 Å². The lowest BCUT2D eigenvalue weighted by Gasteiger charge is -2.35. The predicted octanol–water partition coefficient (Wildman–Crippen LogP) is 5.11. The summed E-state index contributed by atoms with van der Waals surface area (Å²) in [5.74, 6) is -1.69. The quantitative estimate of drug-likeness (QED) is 0.211. The highest BCUT2D eigenvalue weighted by Crippen LogP contribution is 2.57. The van der Waals surface area contributed by atoms with Crippen LogP contribution in [0.2, 0.25) is 0 Å². The van der Waals surface area contributed by atoms with Crippen LogP contribution in [0.3, 0.4) is 0 Å². The van der Waals surface area contributed by atoms with Gasteiger partial charge in [0, 0.05) is 12.1 Å². The van der Waals surface area contributed by atoms with Gasteiger partial charge in [-0.1, -0.05) is 60.7 Å². The van der Waals surface area contributed by atoms with Crippen LogP contribution in [-0.4, -0.2) is 22.8 Å². The van der Waals surface area contributed by atoms with Crippen molar-refractivity contribution in [2.24, 2.45) is 0 Å². The smallest absolute Gasteiger partial charge is 0.269 e. The molecule has 9 heteroatoms. The second kappa shape index (κ2) is 8.89. The second-order valence-electron chi connectivity index (χ2n) is 9.09. The number of benzene rings is 4. The zero-order valence-corrected chi connectivity index (χ0v) is 19.8. The molecule has 3 atom stereocenters. The van der Waals surface area contributed by atoms with E-state index >= 15 is 0 Å². The molecule has 0 aromatic heterocycles. The van der Waals surface area contributed by atoms with Gasteiger partial charge in [0.05, 0.1) is 16.3 Å². The number of hydroxylamine groups is 1. The van der Waals surface area contributed by atoms with E-state index in [1.807, 2.05) is 60.7 Å². The molecule has 2 heterocycles. The molecule has 2 saturated heterocycles. The molecule has 2 amide bonds. The maximum absolute atomic E-state index is 14.6. The number of hydrogen-bond donors (Lipinski definition) is 0. The molecular weight excluding hydrogens is 489 g/mol. The first-order valence-electron chi connectivity index (χ1n) is 11.9. The maximum Gasteiger partial charge on any atom is 0.269 e. The van der Waals surface area contributed by atoms with Crippen molar-refractivity contribution in [3.05, 3.63) is 136 Å². The van der Waals surface area contributed by atoms with Crippen LogP contribution in [0, 0.1) is 15.9 Å². The Balaban J connectivity index is 1.61. The van der Waals surface area contributed by atoms with Gasteiger partial charge in [0.15, 0.2) is 6.10 Å². The van der Waals surface area contributed by atoms with E-state index in [9.17, 15) is 24.1 Å². The van der Waals surface area contributed by atoms with Gasteiger partial charge in [-0.05, 0) is 47.5 Å². The van der Waals surface area contributed by atoms with Crippen molar-refractivity contribution in [2.75, 3.05) is 9.96 Å². The van der Waals surface area contributed by atoms with Gasteiger partial charge >= 0.3 is 0 Å². The molecule has 0 aliphatic carbocycles. The third-order valence-electron chi connectivity index (χ3n) is 7.07. The fourth-order valence-electron chi connectivity index (χ4n) is 5.40. The summed E-state index contributed by atoms with van der Waals surface area (Å²) >= 11 is 0. The average molecular weight is 509 g/mol. The molecule has 0 spiro atoms. The summed E-state index contributed by atoms with van der Waals surface area (Å²) in [5.41, 5.74) is 0.189. The van der Waals surface area contributed by atoms with Crippen LogP contribution < -0.4 is 9.96 Å². The van der Waals surface area contributed by atoms with E-state index in [0.29, 0.717) is 16.8 Å². The number of amides is 2. The molecule has 6 rings (SSSR count). The SMILES string of the molecule is O=C1C2ON(c3ccccc3)C(c3ccccc3)C2(c2ccc([N+](=O)[O-])cc2)C(=O)N1c1ccc(F)cc1. The summed E-state index contributed by atoms with van der Waals surface area (Å²) < 4.78 is 13.7. The Morgan fingerprint density at radius 2 is 1.39 bits per heavy atom. The molecule has 0 radical (unpaired) electrons. The van der Waals surface area contributed by atoms with Crippen LogP contribution in [0.5, 0.6) is 0 Å². The number of nitrogens with zero attached hydrogens (tertiary/aromatic N) is 3. The number of carbonyl (C=O) groups excluding carboxylic acids is 2.